The number of halogens is 1. The number of benzene rings is 1. The van der Waals surface area contributed by atoms with Crippen LogP contribution in [0, 0.1) is 0 Å². The monoisotopic (exact) mass is 337 g/mol. The number of epoxide rings is 1. The van der Waals surface area contributed by atoms with E-state index >= 15 is 0 Å². The Hall–Kier alpha value is -1.59. The zero-order valence-electron chi connectivity index (χ0n) is 13.4. The van der Waals surface area contributed by atoms with Gasteiger partial charge >= 0.3 is 6.09 Å². The Labute approximate surface area is 140 Å². The number of rotatable bonds is 2. The lowest BCUT2D eigenvalue weighted by atomic mass is 9.75. The molecule has 1 aromatic rings. The number of amides is 1. The van der Waals surface area contributed by atoms with Gasteiger partial charge in [0.15, 0.2) is 5.78 Å². The molecule has 2 aliphatic rings. The molecular formula is C17H20ClNO4. The van der Waals surface area contributed by atoms with Crippen molar-refractivity contribution in [2.24, 2.45) is 0 Å². The van der Waals surface area contributed by atoms with Crippen molar-refractivity contribution < 1.29 is 19.1 Å². The minimum Gasteiger partial charge on any atom is -0.444 e. The van der Waals surface area contributed by atoms with Crippen molar-refractivity contribution in [1.82, 2.24) is 5.32 Å². The molecule has 6 heteroatoms. The summed E-state index contributed by atoms with van der Waals surface area (Å²) >= 11 is 6.31. The SMILES string of the molecule is CC(C)(C)OC(=O)N[C@@]1(c2ccccc2Cl)CC[C@H]2O[C@H]2C1=O. The standard InChI is InChI=1S/C17H20ClNO4/c1-16(2,3)23-15(21)19-17(10-6-4-5-7-11(10)18)9-8-12-13(22-12)14(17)20/h4-7,12-13H,8-9H2,1-3H3,(H,19,21)/t12-,13-,17-/m1/s1. The van der Waals surface area contributed by atoms with E-state index in [0.717, 1.165) is 0 Å². The van der Waals surface area contributed by atoms with Gasteiger partial charge in [0, 0.05) is 10.6 Å². The van der Waals surface area contributed by atoms with Crippen LogP contribution in [-0.2, 0) is 19.8 Å². The fourth-order valence-corrected chi connectivity index (χ4v) is 3.36. The van der Waals surface area contributed by atoms with Crippen molar-refractivity contribution in [2.45, 2.75) is 57.0 Å². The first kappa shape index (κ1) is 16.3. The molecule has 0 radical (unpaired) electrons. The molecule has 0 unspecified atom stereocenters. The largest absolute Gasteiger partial charge is 0.444 e. The molecule has 1 N–H and O–H groups in total. The Bertz CT molecular complexity index is 654. The molecule has 2 fully saturated rings. The Morgan fingerprint density at radius 2 is 2.09 bits per heavy atom. The van der Waals surface area contributed by atoms with Gasteiger partial charge in [0.2, 0.25) is 0 Å². The zero-order chi connectivity index (χ0) is 16.8. The molecule has 3 atom stereocenters. The first-order valence-electron chi connectivity index (χ1n) is 7.69. The summed E-state index contributed by atoms with van der Waals surface area (Å²) in [7, 11) is 0. The Morgan fingerprint density at radius 1 is 1.39 bits per heavy atom. The molecule has 23 heavy (non-hydrogen) atoms. The lowest BCUT2D eigenvalue weighted by Gasteiger charge is -2.36. The molecule has 1 aliphatic carbocycles. The lowest BCUT2D eigenvalue weighted by Crippen LogP contribution is -2.56. The van der Waals surface area contributed by atoms with Crippen molar-refractivity contribution >= 4 is 23.5 Å². The van der Waals surface area contributed by atoms with E-state index < -0.39 is 23.3 Å². The Balaban J connectivity index is 1.96. The molecule has 1 aliphatic heterocycles. The Morgan fingerprint density at radius 3 is 2.74 bits per heavy atom. The predicted molar refractivity (Wildman–Crippen MR) is 85.4 cm³/mol. The third-order valence-corrected chi connectivity index (χ3v) is 4.44. The van der Waals surface area contributed by atoms with Crippen molar-refractivity contribution in [3.63, 3.8) is 0 Å². The van der Waals surface area contributed by atoms with Gasteiger partial charge in [-0.3, -0.25) is 4.79 Å². The van der Waals surface area contributed by atoms with Crippen molar-refractivity contribution in [3.8, 4) is 0 Å². The number of hydrogen-bond donors (Lipinski definition) is 1. The first-order valence-corrected chi connectivity index (χ1v) is 8.07. The second kappa shape index (κ2) is 5.49. The minimum atomic E-state index is -1.20. The van der Waals surface area contributed by atoms with E-state index in [1.54, 1.807) is 45.0 Å². The average molecular weight is 338 g/mol. The van der Waals surface area contributed by atoms with Gasteiger partial charge in [-0.25, -0.2) is 4.79 Å². The van der Waals surface area contributed by atoms with E-state index in [2.05, 4.69) is 5.32 Å². The van der Waals surface area contributed by atoms with Crippen LogP contribution in [0.25, 0.3) is 0 Å². The maximum absolute atomic E-state index is 12.9. The molecule has 5 nitrogen and oxygen atoms in total. The summed E-state index contributed by atoms with van der Waals surface area (Å²) in [5, 5.41) is 3.22. The van der Waals surface area contributed by atoms with Gasteiger partial charge in [-0.2, -0.15) is 0 Å². The molecule has 1 saturated heterocycles. The molecule has 0 aromatic heterocycles. The molecule has 124 valence electrons. The molecule has 1 heterocycles. The van der Waals surface area contributed by atoms with Gasteiger partial charge in [-0.05, 0) is 39.7 Å². The van der Waals surface area contributed by atoms with Crippen LogP contribution < -0.4 is 5.32 Å². The second-order valence-electron chi connectivity index (χ2n) is 7.01. The zero-order valence-corrected chi connectivity index (χ0v) is 14.1. The second-order valence-corrected chi connectivity index (χ2v) is 7.42. The van der Waals surface area contributed by atoms with Crippen LogP contribution in [0.1, 0.15) is 39.2 Å². The van der Waals surface area contributed by atoms with E-state index in [1.807, 2.05) is 0 Å². The molecule has 0 spiro atoms. The Kier molecular flexibility index (Phi) is 3.89. The minimum absolute atomic E-state index is 0.0291. The van der Waals surface area contributed by atoms with E-state index in [9.17, 15) is 9.59 Å². The highest BCUT2D eigenvalue weighted by Crippen LogP contribution is 2.45. The van der Waals surface area contributed by atoms with Crippen molar-refractivity contribution in [2.75, 3.05) is 0 Å². The van der Waals surface area contributed by atoms with Gasteiger partial charge in [-0.1, -0.05) is 29.8 Å². The van der Waals surface area contributed by atoms with Gasteiger partial charge < -0.3 is 14.8 Å². The van der Waals surface area contributed by atoms with Crippen molar-refractivity contribution in [1.29, 1.82) is 0 Å². The summed E-state index contributed by atoms with van der Waals surface area (Å²) in [4.78, 5) is 25.2. The quantitative estimate of drug-likeness (QED) is 0.841. The van der Waals surface area contributed by atoms with Crippen LogP contribution in [0.5, 0.6) is 0 Å². The molecule has 1 saturated carbocycles. The smallest absolute Gasteiger partial charge is 0.408 e. The van der Waals surface area contributed by atoms with E-state index in [1.165, 1.54) is 0 Å². The summed E-state index contributed by atoms with van der Waals surface area (Å²) in [6, 6.07) is 7.06. The number of ketones is 1. The molecule has 1 aromatic carbocycles. The van der Waals surface area contributed by atoms with Gasteiger partial charge in [0.05, 0.1) is 6.10 Å². The number of hydrogen-bond acceptors (Lipinski definition) is 4. The van der Waals surface area contributed by atoms with E-state index in [0.29, 0.717) is 23.4 Å². The fraction of sp³-hybridized carbons (Fsp3) is 0.529. The summed E-state index contributed by atoms with van der Waals surface area (Å²) in [6.07, 6.45) is 0.00584. The first-order chi connectivity index (χ1) is 10.7. The number of ether oxygens (including phenoxy) is 2. The van der Waals surface area contributed by atoms with Crippen LogP contribution in [0.15, 0.2) is 24.3 Å². The van der Waals surface area contributed by atoms with Gasteiger partial charge in [0.25, 0.3) is 0 Å². The highest BCUT2D eigenvalue weighted by molar-refractivity contribution is 6.32. The predicted octanol–water partition coefficient (Wildman–Crippen LogP) is 3.19. The van der Waals surface area contributed by atoms with Crippen LogP contribution in [0.2, 0.25) is 5.02 Å². The van der Waals surface area contributed by atoms with Crippen molar-refractivity contribution in [3.05, 3.63) is 34.9 Å². The molecule has 0 bridgehead atoms. The van der Waals surface area contributed by atoms with Crippen LogP contribution >= 0.6 is 11.6 Å². The molecule has 3 rings (SSSR count). The fourth-order valence-electron chi connectivity index (χ4n) is 3.06. The molecular weight excluding hydrogens is 318 g/mol. The highest BCUT2D eigenvalue weighted by Gasteiger charge is 2.60. The van der Waals surface area contributed by atoms with Crippen LogP contribution in [0.3, 0.4) is 0 Å². The van der Waals surface area contributed by atoms with Gasteiger partial charge in [0.1, 0.15) is 17.2 Å². The summed E-state index contributed by atoms with van der Waals surface area (Å²) < 4.78 is 10.7. The number of carbonyl (C=O) groups is 2. The number of nitrogens with one attached hydrogen (secondary N) is 1. The third-order valence-electron chi connectivity index (χ3n) is 4.11. The number of fused-ring (bicyclic) bond motifs is 1. The molecule has 1 amide bonds. The summed E-state index contributed by atoms with van der Waals surface area (Å²) in [6.45, 7) is 5.33. The third kappa shape index (κ3) is 3.08. The number of alkyl carbamates (subject to hydrolysis) is 1. The van der Waals surface area contributed by atoms with Gasteiger partial charge in [-0.15, -0.1) is 0 Å². The summed E-state index contributed by atoms with van der Waals surface area (Å²) in [5.41, 5.74) is -1.26. The van der Waals surface area contributed by atoms with Crippen LogP contribution in [-0.4, -0.2) is 29.7 Å². The normalized spacial score (nSPS) is 29.7. The highest BCUT2D eigenvalue weighted by atomic mass is 35.5. The summed E-state index contributed by atoms with van der Waals surface area (Å²) in [5.74, 6) is -0.160. The van der Waals surface area contributed by atoms with E-state index in [-0.39, 0.29) is 11.9 Å². The maximum atomic E-state index is 12.9. The maximum Gasteiger partial charge on any atom is 0.408 e. The number of Topliss-reactive ketones (excluding diaryl/α,β-unsaturated/α-hetero) is 1. The van der Waals surface area contributed by atoms with Crippen LogP contribution in [0.4, 0.5) is 4.79 Å². The topological polar surface area (TPSA) is 67.9 Å². The van der Waals surface area contributed by atoms with E-state index in [4.69, 9.17) is 21.1 Å². The average Bonchev–Trinajstić information content (AvgIpc) is 3.21. The number of carbonyl (C=O) groups excluding carboxylic acids is 2. The lowest BCUT2D eigenvalue weighted by molar-refractivity contribution is -0.128.